The second-order valence-corrected chi connectivity index (χ2v) is 1.96. The maximum atomic E-state index is 10.4. The van der Waals surface area contributed by atoms with Crippen LogP contribution in [0.2, 0.25) is 0 Å². The SMILES string of the molecule is C=CC=C.CC.CC(=O)n1ccnc1. The average molecular weight is 194 g/mol. The van der Waals surface area contributed by atoms with E-state index in [4.69, 9.17) is 0 Å². The molecule has 0 atom stereocenters. The predicted molar refractivity (Wildman–Crippen MR) is 60.3 cm³/mol. The minimum atomic E-state index is -0.0116. The van der Waals surface area contributed by atoms with Gasteiger partial charge in [-0.25, -0.2) is 4.98 Å². The van der Waals surface area contributed by atoms with Gasteiger partial charge >= 0.3 is 0 Å². The van der Waals surface area contributed by atoms with Crippen molar-refractivity contribution in [2.75, 3.05) is 0 Å². The summed E-state index contributed by atoms with van der Waals surface area (Å²) in [4.78, 5) is 14.1. The summed E-state index contributed by atoms with van der Waals surface area (Å²) in [7, 11) is 0. The Bertz CT molecular complexity index is 244. The van der Waals surface area contributed by atoms with Crippen molar-refractivity contribution < 1.29 is 4.79 Å². The third kappa shape index (κ3) is 8.46. The highest BCUT2D eigenvalue weighted by Gasteiger charge is 1.90. The lowest BCUT2D eigenvalue weighted by molar-refractivity contribution is 0.0936. The number of carbonyl (C=O) groups excluding carboxylic acids is 1. The fourth-order valence-corrected chi connectivity index (χ4v) is 0.445. The molecule has 0 aromatic carbocycles. The van der Waals surface area contributed by atoms with Gasteiger partial charge in [-0.3, -0.25) is 9.36 Å². The summed E-state index contributed by atoms with van der Waals surface area (Å²) in [5.74, 6) is -0.0116. The van der Waals surface area contributed by atoms with E-state index in [-0.39, 0.29) is 5.91 Å². The van der Waals surface area contributed by atoms with Crippen molar-refractivity contribution in [3.63, 3.8) is 0 Å². The van der Waals surface area contributed by atoms with Gasteiger partial charge in [-0.1, -0.05) is 39.2 Å². The van der Waals surface area contributed by atoms with Crippen LogP contribution in [0.3, 0.4) is 0 Å². The van der Waals surface area contributed by atoms with Gasteiger partial charge in [-0.15, -0.1) is 0 Å². The van der Waals surface area contributed by atoms with E-state index in [1.54, 1.807) is 24.5 Å². The first-order valence-corrected chi connectivity index (χ1v) is 4.44. The zero-order valence-corrected chi connectivity index (χ0v) is 9.10. The number of allylic oxidation sites excluding steroid dienone is 2. The van der Waals surface area contributed by atoms with Gasteiger partial charge in [-0.2, -0.15) is 0 Å². The summed E-state index contributed by atoms with van der Waals surface area (Å²) in [6.45, 7) is 12.2. The van der Waals surface area contributed by atoms with E-state index in [0.29, 0.717) is 0 Å². The fourth-order valence-electron chi connectivity index (χ4n) is 0.445. The van der Waals surface area contributed by atoms with E-state index in [1.165, 1.54) is 17.8 Å². The van der Waals surface area contributed by atoms with Gasteiger partial charge < -0.3 is 0 Å². The van der Waals surface area contributed by atoms with Gasteiger partial charge in [0, 0.05) is 19.3 Å². The molecule has 0 aliphatic rings. The first-order valence-electron chi connectivity index (χ1n) is 4.44. The minimum absolute atomic E-state index is 0.0116. The molecule has 1 aromatic heterocycles. The van der Waals surface area contributed by atoms with Crippen molar-refractivity contribution in [1.82, 2.24) is 9.55 Å². The van der Waals surface area contributed by atoms with E-state index in [9.17, 15) is 4.79 Å². The van der Waals surface area contributed by atoms with E-state index in [0.717, 1.165) is 0 Å². The van der Waals surface area contributed by atoms with Crippen LogP contribution in [0.25, 0.3) is 0 Å². The molecule has 0 aliphatic carbocycles. The number of rotatable bonds is 1. The molecule has 0 N–H and O–H groups in total. The Morgan fingerprint density at radius 2 is 1.86 bits per heavy atom. The monoisotopic (exact) mass is 194 g/mol. The van der Waals surface area contributed by atoms with Crippen LogP contribution >= 0.6 is 0 Å². The number of imidazole rings is 1. The average Bonchev–Trinajstić information content (AvgIpc) is 2.74. The Morgan fingerprint density at radius 3 is 2.00 bits per heavy atom. The Hall–Kier alpha value is -1.64. The number of carbonyl (C=O) groups is 1. The molecule has 3 heteroatoms. The zero-order valence-electron chi connectivity index (χ0n) is 9.10. The number of aromatic nitrogens is 2. The van der Waals surface area contributed by atoms with Crippen LogP contribution in [0, 0.1) is 0 Å². The third-order valence-corrected chi connectivity index (χ3v) is 1.03. The van der Waals surface area contributed by atoms with Crippen LogP contribution in [-0.2, 0) is 0 Å². The van der Waals surface area contributed by atoms with Crippen LogP contribution in [0.15, 0.2) is 44.0 Å². The Balaban J connectivity index is 0. The topological polar surface area (TPSA) is 34.9 Å². The summed E-state index contributed by atoms with van der Waals surface area (Å²) in [6, 6.07) is 0. The van der Waals surface area contributed by atoms with E-state index in [1.807, 2.05) is 13.8 Å². The molecular weight excluding hydrogens is 176 g/mol. The molecule has 0 radical (unpaired) electrons. The quantitative estimate of drug-likeness (QED) is 0.644. The molecule has 0 spiro atoms. The number of hydrogen-bond donors (Lipinski definition) is 0. The van der Waals surface area contributed by atoms with Gasteiger partial charge in [-0.05, 0) is 0 Å². The molecule has 78 valence electrons. The van der Waals surface area contributed by atoms with E-state index >= 15 is 0 Å². The van der Waals surface area contributed by atoms with Crippen LogP contribution in [0.4, 0.5) is 0 Å². The maximum Gasteiger partial charge on any atom is 0.228 e. The van der Waals surface area contributed by atoms with Gasteiger partial charge in [0.25, 0.3) is 0 Å². The van der Waals surface area contributed by atoms with Crippen molar-refractivity contribution >= 4 is 5.91 Å². The molecule has 0 unspecified atom stereocenters. The summed E-state index contributed by atoms with van der Waals surface area (Å²) in [6.07, 6.45) is 7.94. The van der Waals surface area contributed by atoms with Gasteiger partial charge in [0.05, 0.1) is 0 Å². The Labute approximate surface area is 85.8 Å². The molecule has 14 heavy (non-hydrogen) atoms. The second kappa shape index (κ2) is 11.4. The van der Waals surface area contributed by atoms with E-state index < -0.39 is 0 Å². The van der Waals surface area contributed by atoms with Crippen LogP contribution in [0.1, 0.15) is 25.6 Å². The highest BCUT2D eigenvalue weighted by molar-refractivity contribution is 5.75. The predicted octanol–water partition coefficient (Wildman–Crippen LogP) is 2.93. The lowest BCUT2D eigenvalue weighted by Crippen LogP contribution is -2.00. The summed E-state index contributed by atoms with van der Waals surface area (Å²) in [5.41, 5.74) is 0. The van der Waals surface area contributed by atoms with Gasteiger partial charge in [0.15, 0.2) is 0 Å². The van der Waals surface area contributed by atoms with Crippen molar-refractivity contribution in [2.24, 2.45) is 0 Å². The molecule has 1 aromatic rings. The summed E-state index contributed by atoms with van der Waals surface area (Å²) < 4.78 is 1.42. The standard InChI is InChI=1S/C5H6N2O.C4H6.C2H6/c1-5(8)7-3-2-6-4-7;1-3-4-2;1-2/h2-4H,1H3;3-4H,1-2H2;1-2H3. The summed E-state index contributed by atoms with van der Waals surface area (Å²) in [5, 5.41) is 0. The molecule has 3 nitrogen and oxygen atoms in total. The highest BCUT2D eigenvalue weighted by atomic mass is 16.1. The zero-order chi connectivity index (χ0) is 11.4. The molecule has 0 amide bonds. The minimum Gasteiger partial charge on any atom is -0.277 e. The fraction of sp³-hybridized carbons (Fsp3) is 0.273. The molecular formula is C11H18N2O. The maximum absolute atomic E-state index is 10.4. The second-order valence-electron chi connectivity index (χ2n) is 1.96. The molecule has 1 rings (SSSR count). The van der Waals surface area contributed by atoms with Crippen molar-refractivity contribution in [3.8, 4) is 0 Å². The number of hydrogen-bond acceptors (Lipinski definition) is 2. The van der Waals surface area contributed by atoms with Gasteiger partial charge in [0.2, 0.25) is 5.91 Å². The highest BCUT2D eigenvalue weighted by Crippen LogP contribution is 1.82. The lowest BCUT2D eigenvalue weighted by Gasteiger charge is -1.87. The largest absolute Gasteiger partial charge is 0.277 e. The van der Waals surface area contributed by atoms with Crippen molar-refractivity contribution in [1.29, 1.82) is 0 Å². The van der Waals surface area contributed by atoms with E-state index in [2.05, 4.69) is 18.1 Å². The lowest BCUT2D eigenvalue weighted by atomic mass is 10.6. The normalized spacial score (nSPS) is 7.07. The van der Waals surface area contributed by atoms with Crippen LogP contribution < -0.4 is 0 Å². The van der Waals surface area contributed by atoms with Crippen LogP contribution in [-0.4, -0.2) is 15.5 Å². The molecule has 0 saturated carbocycles. The Kier molecular flexibility index (Phi) is 12.1. The van der Waals surface area contributed by atoms with Crippen molar-refractivity contribution in [3.05, 3.63) is 44.0 Å². The molecule has 0 fully saturated rings. The molecule has 0 saturated heterocycles. The molecule has 0 bridgehead atoms. The Morgan fingerprint density at radius 1 is 1.36 bits per heavy atom. The first-order chi connectivity index (χ1) is 6.72. The van der Waals surface area contributed by atoms with Gasteiger partial charge in [0.1, 0.15) is 6.33 Å². The number of nitrogens with zero attached hydrogens (tertiary/aromatic N) is 2. The van der Waals surface area contributed by atoms with Crippen LogP contribution in [0.5, 0.6) is 0 Å². The first kappa shape index (κ1) is 14.9. The smallest absolute Gasteiger partial charge is 0.228 e. The third-order valence-electron chi connectivity index (χ3n) is 1.03. The summed E-state index contributed by atoms with van der Waals surface area (Å²) >= 11 is 0. The molecule has 0 aliphatic heterocycles. The molecule has 1 heterocycles. The van der Waals surface area contributed by atoms with Crippen molar-refractivity contribution in [2.45, 2.75) is 20.8 Å².